The van der Waals surface area contributed by atoms with Gasteiger partial charge < -0.3 is 5.32 Å². The van der Waals surface area contributed by atoms with E-state index in [1.165, 1.54) is 0 Å². The zero-order valence-corrected chi connectivity index (χ0v) is 14.7. The highest BCUT2D eigenvalue weighted by Crippen LogP contribution is 2.32. The summed E-state index contributed by atoms with van der Waals surface area (Å²) in [6, 6.07) is 7.42. The maximum absolute atomic E-state index is 12.7. The lowest BCUT2D eigenvalue weighted by atomic mass is 10.1. The second kappa shape index (κ2) is 6.28. The molecule has 1 unspecified atom stereocenters. The summed E-state index contributed by atoms with van der Waals surface area (Å²) in [4.78, 5) is 0.386. The van der Waals surface area contributed by atoms with Gasteiger partial charge in [0.25, 0.3) is 0 Å². The molecule has 0 saturated carbocycles. The molecule has 1 N–H and O–H groups in total. The molecule has 0 aliphatic carbocycles. The molecule has 6 heteroatoms. The fourth-order valence-electron chi connectivity index (χ4n) is 2.42. The van der Waals surface area contributed by atoms with Crippen LogP contribution >= 0.6 is 11.8 Å². The molecule has 0 spiro atoms. The normalized spacial score (nSPS) is 21.1. The Balaban J connectivity index is 2.23. The van der Waals surface area contributed by atoms with Gasteiger partial charge in [0.1, 0.15) is 0 Å². The molecule has 4 nitrogen and oxygen atoms in total. The van der Waals surface area contributed by atoms with Crippen molar-refractivity contribution in [2.75, 3.05) is 25.9 Å². The number of benzene rings is 1. The first-order chi connectivity index (χ1) is 9.76. The van der Waals surface area contributed by atoms with Gasteiger partial charge in [-0.1, -0.05) is 12.1 Å². The lowest BCUT2D eigenvalue weighted by molar-refractivity contribution is 0.387. The molecule has 1 heterocycles. The molecule has 0 radical (unpaired) electrons. The molecule has 1 aromatic carbocycles. The minimum absolute atomic E-state index is 0.0219. The second-order valence-electron chi connectivity index (χ2n) is 6.03. The molecule has 1 fully saturated rings. The second-order valence-corrected chi connectivity index (χ2v) is 9.77. The molecule has 1 aromatic rings. The highest BCUT2D eigenvalue weighted by Gasteiger charge is 2.34. The van der Waals surface area contributed by atoms with Crippen molar-refractivity contribution in [1.29, 1.82) is 0 Å². The van der Waals surface area contributed by atoms with E-state index in [2.05, 4.69) is 19.2 Å². The summed E-state index contributed by atoms with van der Waals surface area (Å²) < 4.78 is 27.0. The molecule has 0 aromatic heterocycles. The summed E-state index contributed by atoms with van der Waals surface area (Å²) in [6.45, 7) is 7.39. The molecule has 1 saturated heterocycles. The van der Waals surface area contributed by atoms with Gasteiger partial charge >= 0.3 is 0 Å². The first kappa shape index (κ1) is 16.8. The highest BCUT2D eigenvalue weighted by molar-refractivity contribution is 8.00. The van der Waals surface area contributed by atoms with Crippen LogP contribution in [0.5, 0.6) is 0 Å². The summed E-state index contributed by atoms with van der Waals surface area (Å²) in [5.74, 6) is 0.848. The zero-order chi connectivity index (χ0) is 15.7. The third kappa shape index (κ3) is 3.80. The highest BCUT2D eigenvalue weighted by atomic mass is 32.2. The van der Waals surface area contributed by atoms with Crippen LogP contribution in [-0.4, -0.2) is 43.4 Å². The van der Waals surface area contributed by atoms with Crippen molar-refractivity contribution in [3.05, 3.63) is 29.8 Å². The van der Waals surface area contributed by atoms with Crippen LogP contribution < -0.4 is 5.32 Å². The number of thioether (sulfide) groups is 1. The summed E-state index contributed by atoms with van der Waals surface area (Å²) in [5.41, 5.74) is 1.09. The van der Waals surface area contributed by atoms with Gasteiger partial charge in [-0.25, -0.2) is 8.42 Å². The van der Waals surface area contributed by atoms with E-state index in [9.17, 15) is 8.42 Å². The van der Waals surface area contributed by atoms with Gasteiger partial charge in [-0.15, -0.1) is 0 Å². The summed E-state index contributed by atoms with van der Waals surface area (Å²) in [5, 5.41) is 3.15. The van der Waals surface area contributed by atoms with Crippen LogP contribution in [0.15, 0.2) is 29.2 Å². The van der Waals surface area contributed by atoms with Crippen molar-refractivity contribution in [2.24, 2.45) is 0 Å². The molecule has 1 aliphatic heterocycles. The Labute approximate surface area is 132 Å². The van der Waals surface area contributed by atoms with E-state index < -0.39 is 10.0 Å². The van der Waals surface area contributed by atoms with Crippen LogP contribution in [0.1, 0.15) is 32.4 Å². The van der Waals surface area contributed by atoms with Crippen LogP contribution in [0, 0.1) is 0 Å². The van der Waals surface area contributed by atoms with E-state index in [0.717, 1.165) is 11.3 Å². The predicted molar refractivity (Wildman–Crippen MR) is 89.2 cm³/mol. The third-order valence-electron chi connectivity index (χ3n) is 3.84. The summed E-state index contributed by atoms with van der Waals surface area (Å²) in [7, 11) is -1.49. The van der Waals surface area contributed by atoms with Gasteiger partial charge in [0, 0.05) is 29.6 Å². The Hall–Kier alpha value is -0.560. The van der Waals surface area contributed by atoms with Crippen molar-refractivity contribution < 1.29 is 8.42 Å². The van der Waals surface area contributed by atoms with Crippen molar-refractivity contribution in [3.63, 3.8) is 0 Å². The molecule has 118 valence electrons. The molecular formula is C15H24N2O2S2. The third-order valence-corrected chi connectivity index (χ3v) is 7.00. The van der Waals surface area contributed by atoms with Gasteiger partial charge in [0.15, 0.2) is 0 Å². The Bertz CT molecular complexity index is 582. The first-order valence-corrected chi connectivity index (χ1v) is 9.60. The predicted octanol–water partition coefficient (Wildman–Crippen LogP) is 2.48. The van der Waals surface area contributed by atoms with Crippen LogP contribution in [0.4, 0.5) is 0 Å². The van der Waals surface area contributed by atoms with Gasteiger partial charge in [-0.05, 0) is 45.5 Å². The van der Waals surface area contributed by atoms with Crippen LogP contribution in [-0.2, 0) is 10.0 Å². The SMILES string of the molecule is CNC(C)c1ccc(S(=O)(=O)N2CCSC(C)(C)C2)cc1. The number of hydrogen-bond acceptors (Lipinski definition) is 4. The fraction of sp³-hybridized carbons (Fsp3) is 0.600. The maximum Gasteiger partial charge on any atom is 0.243 e. The number of sulfonamides is 1. The average molecular weight is 329 g/mol. The number of nitrogens with zero attached hydrogens (tertiary/aromatic N) is 1. The van der Waals surface area contributed by atoms with Crippen molar-refractivity contribution in [2.45, 2.75) is 36.5 Å². The van der Waals surface area contributed by atoms with E-state index in [1.807, 2.05) is 37.9 Å². The van der Waals surface area contributed by atoms with Gasteiger partial charge in [0.2, 0.25) is 10.0 Å². The van der Waals surface area contributed by atoms with E-state index in [4.69, 9.17) is 0 Å². The van der Waals surface area contributed by atoms with Gasteiger partial charge in [-0.3, -0.25) is 0 Å². The molecule has 0 bridgehead atoms. The minimum Gasteiger partial charge on any atom is -0.313 e. The Morgan fingerprint density at radius 3 is 2.43 bits per heavy atom. The maximum atomic E-state index is 12.7. The standard InChI is InChI=1S/C15H24N2O2S2/c1-12(16-4)13-5-7-14(8-6-13)21(18,19)17-9-10-20-15(2,3)11-17/h5-8,12,16H,9-11H2,1-4H3. The van der Waals surface area contributed by atoms with E-state index in [0.29, 0.717) is 18.0 Å². The number of hydrogen-bond donors (Lipinski definition) is 1. The lowest BCUT2D eigenvalue weighted by Gasteiger charge is -2.36. The lowest BCUT2D eigenvalue weighted by Crippen LogP contribution is -2.46. The van der Waals surface area contributed by atoms with Crippen molar-refractivity contribution >= 4 is 21.8 Å². The summed E-state index contributed by atoms with van der Waals surface area (Å²) in [6.07, 6.45) is 0. The zero-order valence-electron chi connectivity index (χ0n) is 13.1. The smallest absolute Gasteiger partial charge is 0.243 e. The summed E-state index contributed by atoms with van der Waals surface area (Å²) >= 11 is 1.83. The Morgan fingerprint density at radius 1 is 1.29 bits per heavy atom. The largest absolute Gasteiger partial charge is 0.313 e. The monoisotopic (exact) mass is 328 g/mol. The average Bonchev–Trinajstić information content (AvgIpc) is 2.45. The van der Waals surface area contributed by atoms with E-state index >= 15 is 0 Å². The molecule has 21 heavy (non-hydrogen) atoms. The molecule has 1 aliphatic rings. The van der Waals surface area contributed by atoms with Crippen molar-refractivity contribution in [3.8, 4) is 0 Å². The molecule has 1 atom stereocenters. The van der Waals surface area contributed by atoms with Gasteiger partial charge in [-0.2, -0.15) is 16.1 Å². The first-order valence-electron chi connectivity index (χ1n) is 7.17. The van der Waals surface area contributed by atoms with Crippen LogP contribution in [0.3, 0.4) is 0 Å². The Kier molecular flexibility index (Phi) is 5.03. The molecule has 2 rings (SSSR count). The Morgan fingerprint density at radius 2 is 1.90 bits per heavy atom. The van der Waals surface area contributed by atoms with Crippen molar-refractivity contribution in [1.82, 2.24) is 9.62 Å². The number of rotatable bonds is 4. The number of nitrogens with one attached hydrogen (secondary N) is 1. The van der Waals surface area contributed by atoms with Crippen LogP contribution in [0.2, 0.25) is 0 Å². The molecular weight excluding hydrogens is 304 g/mol. The fourth-order valence-corrected chi connectivity index (χ4v) is 5.33. The molecule has 0 amide bonds. The topological polar surface area (TPSA) is 49.4 Å². The van der Waals surface area contributed by atoms with E-state index in [-0.39, 0.29) is 10.8 Å². The van der Waals surface area contributed by atoms with Gasteiger partial charge in [0.05, 0.1) is 4.90 Å². The minimum atomic E-state index is -3.38. The van der Waals surface area contributed by atoms with Crippen LogP contribution in [0.25, 0.3) is 0 Å². The van der Waals surface area contributed by atoms with E-state index in [1.54, 1.807) is 16.4 Å². The quantitative estimate of drug-likeness (QED) is 0.922.